The zero-order chi connectivity index (χ0) is 43.5. The number of unbranched alkanes of at least 4 members (excludes halogenated alkanes) is 11. The van der Waals surface area contributed by atoms with Crippen LogP contribution in [0.15, 0.2) is 97.2 Å². The highest BCUT2D eigenvalue weighted by Gasteiger charge is 2.25. The molecule has 0 radical (unpaired) electrons. The minimum Gasteiger partial charge on any atom is -0.544 e. The largest absolute Gasteiger partial charge is 0.544 e. The van der Waals surface area contributed by atoms with Crippen LogP contribution in [0.3, 0.4) is 0 Å². The average Bonchev–Trinajstić information content (AvgIpc) is 3.19. The zero-order valence-electron chi connectivity index (χ0n) is 37.9. The number of rotatable bonds is 39. The summed E-state index contributed by atoms with van der Waals surface area (Å²) in [7, 11) is 5.38. The number of aliphatic carboxylic acids is 1. The molecule has 334 valence electrons. The first-order chi connectivity index (χ1) is 28.6. The molecule has 0 saturated carbocycles. The van der Waals surface area contributed by atoms with Crippen molar-refractivity contribution in [3.8, 4) is 0 Å². The van der Waals surface area contributed by atoms with E-state index in [1.54, 1.807) is 21.1 Å². The molecule has 0 bridgehead atoms. The number of carboxylic acids is 1. The van der Waals surface area contributed by atoms with Gasteiger partial charge in [-0.25, -0.2) is 0 Å². The number of carbonyl (C=O) groups is 3. The first kappa shape index (κ1) is 55.2. The van der Waals surface area contributed by atoms with Gasteiger partial charge in [-0.2, -0.15) is 0 Å². The first-order valence-electron chi connectivity index (χ1n) is 22.8. The van der Waals surface area contributed by atoms with E-state index < -0.39 is 18.1 Å². The topological polar surface area (TPSA) is 102 Å². The van der Waals surface area contributed by atoms with Crippen LogP contribution in [0.2, 0.25) is 0 Å². The van der Waals surface area contributed by atoms with E-state index >= 15 is 0 Å². The fourth-order valence-corrected chi connectivity index (χ4v) is 6.04. The number of allylic oxidation sites excluding steroid dienone is 16. The van der Waals surface area contributed by atoms with E-state index in [1.165, 1.54) is 19.3 Å². The van der Waals surface area contributed by atoms with Crippen LogP contribution in [-0.2, 0) is 28.6 Å². The summed E-state index contributed by atoms with van der Waals surface area (Å²) < 4.78 is 17.1. The third-order valence-corrected chi connectivity index (χ3v) is 9.53. The molecule has 0 N–H and O–H groups in total. The van der Waals surface area contributed by atoms with Crippen molar-refractivity contribution in [2.75, 3.05) is 41.0 Å². The summed E-state index contributed by atoms with van der Waals surface area (Å²) in [6.07, 6.45) is 54.3. The van der Waals surface area contributed by atoms with E-state index in [2.05, 4.69) is 111 Å². The van der Waals surface area contributed by atoms with Crippen molar-refractivity contribution in [2.45, 2.75) is 167 Å². The van der Waals surface area contributed by atoms with E-state index in [0.29, 0.717) is 6.42 Å². The molecule has 8 nitrogen and oxygen atoms in total. The van der Waals surface area contributed by atoms with Crippen LogP contribution in [0, 0.1) is 0 Å². The number of carboxylic acid groups (broad SMARTS) is 1. The van der Waals surface area contributed by atoms with Gasteiger partial charge in [0.15, 0.2) is 6.10 Å². The van der Waals surface area contributed by atoms with Crippen LogP contribution >= 0.6 is 0 Å². The number of esters is 2. The molecular weight excluding hydrogens is 739 g/mol. The molecule has 0 heterocycles. The van der Waals surface area contributed by atoms with Gasteiger partial charge < -0.3 is 28.6 Å². The zero-order valence-corrected chi connectivity index (χ0v) is 37.9. The van der Waals surface area contributed by atoms with Crippen molar-refractivity contribution in [3.05, 3.63) is 97.2 Å². The summed E-state index contributed by atoms with van der Waals surface area (Å²) in [6, 6.07) is -0.738. The second-order valence-corrected chi connectivity index (χ2v) is 15.9. The molecule has 2 unspecified atom stereocenters. The van der Waals surface area contributed by atoms with Gasteiger partial charge in [-0.3, -0.25) is 9.59 Å². The lowest BCUT2D eigenvalue weighted by Crippen LogP contribution is -2.55. The van der Waals surface area contributed by atoms with Gasteiger partial charge in [-0.05, 0) is 77.0 Å². The van der Waals surface area contributed by atoms with Gasteiger partial charge in [0.1, 0.15) is 12.6 Å². The Kier molecular flexibility index (Phi) is 38.4. The first-order valence-corrected chi connectivity index (χ1v) is 22.8. The molecule has 0 rings (SSSR count). The minimum atomic E-state index is -1.14. The third kappa shape index (κ3) is 39.5. The van der Waals surface area contributed by atoms with E-state index in [4.69, 9.17) is 14.2 Å². The molecule has 59 heavy (non-hydrogen) atoms. The molecule has 0 aromatic carbocycles. The second-order valence-electron chi connectivity index (χ2n) is 15.9. The Morgan fingerprint density at radius 2 is 0.983 bits per heavy atom. The summed E-state index contributed by atoms with van der Waals surface area (Å²) in [5.74, 6) is -1.80. The third-order valence-electron chi connectivity index (χ3n) is 9.53. The lowest BCUT2D eigenvalue weighted by atomic mass is 10.1. The van der Waals surface area contributed by atoms with Crippen molar-refractivity contribution in [1.29, 1.82) is 0 Å². The predicted molar refractivity (Wildman–Crippen MR) is 245 cm³/mol. The summed E-state index contributed by atoms with van der Waals surface area (Å²) >= 11 is 0. The Balaban J connectivity index is 4.41. The van der Waals surface area contributed by atoms with Crippen LogP contribution in [0.5, 0.6) is 0 Å². The van der Waals surface area contributed by atoms with Crippen LogP contribution in [0.25, 0.3) is 0 Å². The van der Waals surface area contributed by atoms with Crippen LogP contribution < -0.4 is 5.11 Å². The minimum absolute atomic E-state index is 0.0198. The SMILES string of the molecule is CC/C=C/C=C/C=C/CCCCCCCCCC(=O)OCC(COCCC(C(=O)[O-])[N+](C)(C)C)OC(=O)CCCCCC/C=C/C/C=C/C/C=C/C/C=C/C/C=C/CC. The van der Waals surface area contributed by atoms with Crippen LogP contribution in [0.1, 0.15) is 155 Å². The Morgan fingerprint density at radius 1 is 0.525 bits per heavy atom. The molecule has 0 amide bonds. The number of nitrogens with zero attached hydrogens (tertiary/aromatic N) is 1. The number of likely N-dealkylation sites (N-methyl/N-ethyl adjacent to an activating group) is 1. The Labute approximate surface area is 360 Å². The average molecular weight is 822 g/mol. The summed E-state index contributed by atoms with van der Waals surface area (Å²) in [6.45, 7) is 4.36. The highest BCUT2D eigenvalue weighted by Crippen LogP contribution is 2.13. The summed E-state index contributed by atoms with van der Waals surface area (Å²) in [4.78, 5) is 36.9. The van der Waals surface area contributed by atoms with Gasteiger partial charge in [-0.1, -0.05) is 156 Å². The maximum atomic E-state index is 12.7. The molecule has 0 aliphatic carbocycles. The van der Waals surface area contributed by atoms with Gasteiger partial charge in [0.25, 0.3) is 0 Å². The van der Waals surface area contributed by atoms with Crippen molar-refractivity contribution in [1.82, 2.24) is 0 Å². The maximum absolute atomic E-state index is 12.7. The molecule has 0 aliphatic heterocycles. The smallest absolute Gasteiger partial charge is 0.306 e. The van der Waals surface area contributed by atoms with Crippen molar-refractivity contribution >= 4 is 17.9 Å². The van der Waals surface area contributed by atoms with Gasteiger partial charge >= 0.3 is 11.9 Å². The molecule has 0 saturated heterocycles. The Bertz CT molecular complexity index is 1280. The van der Waals surface area contributed by atoms with Gasteiger partial charge in [-0.15, -0.1) is 0 Å². The molecule has 0 spiro atoms. The molecule has 8 heteroatoms. The number of hydrogen-bond donors (Lipinski definition) is 0. The lowest BCUT2D eigenvalue weighted by molar-refractivity contribution is -0.889. The molecular formula is C51H83NO7. The van der Waals surface area contributed by atoms with Gasteiger partial charge in [0, 0.05) is 19.3 Å². The highest BCUT2D eigenvalue weighted by atomic mass is 16.6. The van der Waals surface area contributed by atoms with Gasteiger partial charge in [0.2, 0.25) is 0 Å². The number of ether oxygens (including phenoxy) is 3. The monoisotopic (exact) mass is 822 g/mol. The molecule has 0 aliphatic rings. The van der Waals surface area contributed by atoms with E-state index in [0.717, 1.165) is 103 Å². The Hall–Kier alpha value is -3.75. The fraction of sp³-hybridized carbons (Fsp3) is 0.627. The fourth-order valence-electron chi connectivity index (χ4n) is 6.04. The van der Waals surface area contributed by atoms with Gasteiger partial charge in [0.05, 0.1) is 40.3 Å². The van der Waals surface area contributed by atoms with E-state index in [9.17, 15) is 19.5 Å². The summed E-state index contributed by atoms with van der Waals surface area (Å²) in [5.41, 5.74) is 0. The van der Waals surface area contributed by atoms with Crippen LogP contribution in [-0.4, -0.2) is 75.5 Å². The molecule has 2 atom stereocenters. The van der Waals surface area contributed by atoms with E-state index in [-0.39, 0.29) is 49.1 Å². The van der Waals surface area contributed by atoms with Crippen molar-refractivity contribution in [3.63, 3.8) is 0 Å². The second kappa shape index (κ2) is 41.0. The molecule has 0 fully saturated rings. The summed E-state index contributed by atoms with van der Waals surface area (Å²) in [5, 5.41) is 11.6. The van der Waals surface area contributed by atoms with E-state index in [1.807, 2.05) is 0 Å². The molecule has 0 aromatic heterocycles. The van der Waals surface area contributed by atoms with Crippen molar-refractivity contribution < 1.29 is 38.2 Å². The quantitative estimate of drug-likeness (QED) is 0.0200. The standard InChI is InChI=1S/C51H83NO7/c1-6-8-10-12-14-16-18-20-22-23-24-25-26-28-30-32-34-36-38-40-42-50(54)59-47(45-57-44-43-48(51(55)56)52(3,4)5)46-58-49(53)41-39-37-35-33-31-29-27-21-19-17-15-13-11-9-7-2/h8-11,13-17,19-20,22,24-25,28,30,47-48H,6-7,12,18,21,23,26-27,29,31-46H2,1-5H3/b10-8+,11-9+,15-13+,16-14+,19-17+,22-20+,25-24+,30-28+. The van der Waals surface area contributed by atoms with Crippen molar-refractivity contribution in [2.24, 2.45) is 0 Å². The number of hydrogen-bond acceptors (Lipinski definition) is 7. The number of carbonyl (C=O) groups excluding carboxylic acids is 3. The molecule has 0 aromatic rings. The Morgan fingerprint density at radius 3 is 1.51 bits per heavy atom. The normalized spacial score (nSPS) is 13.8. The highest BCUT2D eigenvalue weighted by molar-refractivity contribution is 5.70. The maximum Gasteiger partial charge on any atom is 0.306 e. The van der Waals surface area contributed by atoms with Crippen LogP contribution in [0.4, 0.5) is 0 Å². The predicted octanol–water partition coefficient (Wildman–Crippen LogP) is 11.4. The lowest BCUT2D eigenvalue weighted by Gasteiger charge is -2.34. The number of quaternary nitrogens is 1.